The molecule has 0 atom stereocenters. The molecule has 0 unspecified atom stereocenters. The normalized spacial score (nSPS) is 11.7. The van der Waals surface area contributed by atoms with Crippen LogP contribution in [0.4, 0.5) is 11.4 Å². The van der Waals surface area contributed by atoms with E-state index in [1.54, 1.807) is 0 Å². The fourth-order valence-electron chi connectivity index (χ4n) is 2.97. The summed E-state index contributed by atoms with van der Waals surface area (Å²) in [5, 5.41) is 9.50. The predicted octanol–water partition coefficient (Wildman–Crippen LogP) is 6.02. The molecule has 0 aromatic heterocycles. The minimum absolute atomic E-state index is 0.745. The van der Waals surface area contributed by atoms with Crippen molar-refractivity contribution in [3.8, 4) is 0 Å². The van der Waals surface area contributed by atoms with Gasteiger partial charge in [0.1, 0.15) is 11.4 Å². The Labute approximate surface area is 176 Å². The molecule has 0 radical (unpaired) electrons. The van der Waals surface area contributed by atoms with Crippen LogP contribution < -0.4 is 10.9 Å². The summed E-state index contributed by atoms with van der Waals surface area (Å²) in [6.45, 7) is 0. The number of hydrogen-bond acceptors (Lipinski definition) is 4. The Hall–Kier alpha value is -4.18. The van der Waals surface area contributed by atoms with Crippen LogP contribution in [0.5, 0.6) is 0 Å². The maximum atomic E-state index is 4.75. The molecule has 0 heterocycles. The first kappa shape index (κ1) is 19.2. The molecule has 4 aromatic carbocycles. The van der Waals surface area contributed by atoms with Crippen molar-refractivity contribution in [2.24, 2.45) is 10.2 Å². The van der Waals surface area contributed by atoms with Gasteiger partial charge in [-0.15, -0.1) is 0 Å². The second-order valence-electron chi connectivity index (χ2n) is 6.61. The highest BCUT2D eigenvalue weighted by Gasteiger charge is 2.15. The largest absolute Gasteiger partial charge is 0.278 e. The van der Waals surface area contributed by atoms with Crippen LogP contribution in [0.3, 0.4) is 0 Å². The van der Waals surface area contributed by atoms with Crippen molar-refractivity contribution in [3.63, 3.8) is 0 Å². The van der Waals surface area contributed by atoms with Crippen molar-refractivity contribution in [1.29, 1.82) is 0 Å². The minimum atomic E-state index is 0.745. The van der Waals surface area contributed by atoms with E-state index in [-0.39, 0.29) is 0 Å². The fourth-order valence-corrected chi connectivity index (χ4v) is 2.97. The van der Waals surface area contributed by atoms with Crippen molar-refractivity contribution in [3.05, 3.63) is 132 Å². The van der Waals surface area contributed by atoms with Crippen LogP contribution in [0.25, 0.3) is 0 Å². The van der Waals surface area contributed by atoms with E-state index in [2.05, 4.69) is 10.9 Å². The average molecular weight is 390 g/mol. The summed E-state index contributed by atoms with van der Waals surface area (Å²) < 4.78 is 0. The number of hydrazone groups is 2. The van der Waals surface area contributed by atoms with Crippen LogP contribution in [0.1, 0.15) is 11.1 Å². The van der Waals surface area contributed by atoms with Crippen LogP contribution >= 0.6 is 0 Å². The molecule has 0 bridgehead atoms. The molecular weight excluding hydrogens is 368 g/mol. The quantitative estimate of drug-likeness (QED) is 0.299. The molecule has 0 fully saturated rings. The predicted molar refractivity (Wildman–Crippen MR) is 126 cm³/mol. The molecule has 0 spiro atoms. The van der Waals surface area contributed by atoms with E-state index in [0.717, 1.165) is 33.9 Å². The van der Waals surface area contributed by atoms with Gasteiger partial charge in [-0.05, 0) is 24.3 Å². The first-order valence-corrected chi connectivity index (χ1v) is 9.79. The van der Waals surface area contributed by atoms with E-state index in [1.807, 2.05) is 121 Å². The molecular formula is C26H22N4. The Morgan fingerprint density at radius 2 is 0.700 bits per heavy atom. The minimum Gasteiger partial charge on any atom is -0.278 e. The van der Waals surface area contributed by atoms with Gasteiger partial charge in [0.15, 0.2) is 0 Å². The van der Waals surface area contributed by atoms with E-state index in [0.29, 0.717) is 0 Å². The van der Waals surface area contributed by atoms with Crippen molar-refractivity contribution >= 4 is 22.8 Å². The number of benzene rings is 4. The van der Waals surface area contributed by atoms with Gasteiger partial charge < -0.3 is 0 Å². The molecule has 0 amide bonds. The number of para-hydroxylation sites is 2. The van der Waals surface area contributed by atoms with Gasteiger partial charge in [-0.2, -0.15) is 10.2 Å². The molecule has 146 valence electrons. The van der Waals surface area contributed by atoms with Crippen molar-refractivity contribution in [2.45, 2.75) is 0 Å². The smallest absolute Gasteiger partial charge is 0.119 e. The van der Waals surface area contributed by atoms with E-state index < -0.39 is 0 Å². The molecule has 4 heteroatoms. The molecule has 4 aromatic rings. The second-order valence-corrected chi connectivity index (χ2v) is 6.61. The first-order chi connectivity index (χ1) is 14.9. The van der Waals surface area contributed by atoms with Gasteiger partial charge in [0, 0.05) is 11.1 Å². The van der Waals surface area contributed by atoms with Gasteiger partial charge in [0.05, 0.1) is 11.4 Å². The highest BCUT2D eigenvalue weighted by Crippen LogP contribution is 2.14. The zero-order valence-electron chi connectivity index (χ0n) is 16.4. The monoisotopic (exact) mass is 390 g/mol. The van der Waals surface area contributed by atoms with Gasteiger partial charge in [0.25, 0.3) is 0 Å². The number of nitrogens with one attached hydrogen (secondary N) is 2. The molecule has 0 saturated carbocycles. The third-order valence-electron chi connectivity index (χ3n) is 4.46. The average Bonchev–Trinajstić information content (AvgIpc) is 2.83. The van der Waals surface area contributed by atoms with Crippen LogP contribution in [0.2, 0.25) is 0 Å². The van der Waals surface area contributed by atoms with Gasteiger partial charge in [0.2, 0.25) is 0 Å². The standard InChI is InChI=1S/C26H22N4/c1-5-13-21(14-6-1)25(29-27-23-17-9-3-10-18-23)26(22-15-7-2-8-16-22)30-28-24-19-11-4-12-20-24/h1-20,27-28H/b29-25+,30-26+. The maximum Gasteiger partial charge on any atom is 0.119 e. The van der Waals surface area contributed by atoms with Crippen LogP contribution in [0.15, 0.2) is 132 Å². The van der Waals surface area contributed by atoms with Crippen LogP contribution in [-0.2, 0) is 0 Å². The number of rotatable bonds is 7. The zero-order valence-corrected chi connectivity index (χ0v) is 16.4. The third kappa shape index (κ3) is 5.00. The molecule has 30 heavy (non-hydrogen) atoms. The van der Waals surface area contributed by atoms with Gasteiger partial charge in [-0.25, -0.2) is 0 Å². The Balaban J connectivity index is 1.78. The number of nitrogens with zero attached hydrogens (tertiary/aromatic N) is 2. The lowest BCUT2D eigenvalue weighted by molar-refractivity contribution is 1.31. The SMILES string of the molecule is c1ccc(N/N=C(/C(=N/Nc2ccccc2)c2ccccc2)c2ccccc2)cc1. The first-order valence-electron chi connectivity index (χ1n) is 9.79. The number of hydrogen-bond donors (Lipinski definition) is 2. The fraction of sp³-hybridized carbons (Fsp3) is 0. The summed E-state index contributed by atoms with van der Waals surface area (Å²) in [6.07, 6.45) is 0. The van der Waals surface area contributed by atoms with Gasteiger partial charge >= 0.3 is 0 Å². The Morgan fingerprint density at radius 3 is 1.03 bits per heavy atom. The van der Waals surface area contributed by atoms with Crippen molar-refractivity contribution < 1.29 is 0 Å². The lowest BCUT2D eigenvalue weighted by Gasteiger charge is -2.12. The van der Waals surface area contributed by atoms with E-state index in [4.69, 9.17) is 10.2 Å². The van der Waals surface area contributed by atoms with E-state index in [9.17, 15) is 0 Å². The summed E-state index contributed by atoms with van der Waals surface area (Å²) in [4.78, 5) is 0. The van der Waals surface area contributed by atoms with Crippen LogP contribution in [0, 0.1) is 0 Å². The second kappa shape index (κ2) is 9.85. The summed E-state index contributed by atoms with van der Waals surface area (Å²) in [6, 6.07) is 39.9. The third-order valence-corrected chi connectivity index (χ3v) is 4.46. The molecule has 2 N–H and O–H groups in total. The van der Waals surface area contributed by atoms with Gasteiger partial charge in [-0.1, -0.05) is 97.1 Å². The summed E-state index contributed by atoms with van der Waals surface area (Å²) in [5.41, 5.74) is 11.6. The Morgan fingerprint density at radius 1 is 0.400 bits per heavy atom. The van der Waals surface area contributed by atoms with Crippen molar-refractivity contribution in [2.75, 3.05) is 10.9 Å². The lowest BCUT2D eigenvalue weighted by atomic mass is 10.00. The van der Waals surface area contributed by atoms with Crippen molar-refractivity contribution in [1.82, 2.24) is 0 Å². The molecule has 0 aliphatic heterocycles. The molecule has 0 aliphatic rings. The molecule has 4 rings (SSSR count). The Kier molecular flexibility index (Phi) is 6.28. The molecule has 0 aliphatic carbocycles. The lowest BCUT2D eigenvalue weighted by Crippen LogP contribution is -2.20. The van der Waals surface area contributed by atoms with E-state index >= 15 is 0 Å². The zero-order chi connectivity index (χ0) is 20.4. The molecule has 0 saturated heterocycles. The van der Waals surface area contributed by atoms with Crippen LogP contribution in [-0.4, -0.2) is 11.4 Å². The highest BCUT2D eigenvalue weighted by atomic mass is 15.3. The topological polar surface area (TPSA) is 48.8 Å². The molecule has 4 nitrogen and oxygen atoms in total. The van der Waals surface area contributed by atoms with E-state index in [1.165, 1.54) is 0 Å². The maximum absolute atomic E-state index is 4.75. The summed E-state index contributed by atoms with van der Waals surface area (Å²) >= 11 is 0. The highest BCUT2D eigenvalue weighted by molar-refractivity contribution is 6.53. The summed E-state index contributed by atoms with van der Waals surface area (Å²) in [7, 11) is 0. The summed E-state index contributed by atoms with van der Waals surface area (Å²) in [5.74, 6) is 0. The number of anilines is 2. The van der Waals surface area contributed by atoms with Gasteiger partial charge in [-0.3, -0.25) is 10.9 Å². The Bertz CT molecular complexity index is 1010.